The van der Waals surface area contributed by atoms with E-state index in [4.69, 9.17) is 28.9 Å². The lowest BCUT2D eigenvalue weighted by Crippen LogP contribution is -2.45. The minimum absolute atomic E-state index is 0.00677. The second-order valence-electron chi connectivity index (χ2n) is 5.15. The first-order valence-corrected chi connectivity index (χ1v) is 10.0. The fraction of sp³-hybridized carbons (Fsp3) is 0.538. The standard InChI is InChI=1S/C13H18Cl2N2O2S2/c1-20-13(3-2-4-13)8-17-21(18,19)11-6-10(14)5-9(7-16)12(11)15/h5-6,17H,2-4,7-8,16H2,1H3. The lowest BCUT2D eigenvalue weighted by atomic mass is 9.84. The third kappa shape index (κ3) is 3.68. The zero-order valence-electron chi connectivity index (χ0n) is 11.7. The number of halogens is 2. The van der Waals surface area contributed by atoms with Crippen LogP contribution in [0.4, 0.5) is 0 Å². The van der Waals surface area contributed by atoms with Crippen molar-refractivity contribution in [1.29, 1.82) is 0 Å². The molecule has 0 heterocycles. The normalized spacial score (nSPS) is 17.5. The number of hydrogen-bond donors (Lipinski definition) is 2. The van der Waals surface area contributed by atoms with Crippen LogP contribution in [0.25, 0.3) is 0 Å². The summed E-state index contributed by atoms with van der Waals surface area (Å²) in [5.74, 6) is 0. The molecule has 1 aliphatic carbocycles. The third-order valence-corrected chi connectivity index (χ3v) is 7.49. The Kier molecular flexibility index (Phi) is 5.50. The van der Waals surface area contributed by atoms with Gasteiger partial charge in [-0.05, 0) is 36.8 Å². The van der Waals surface area contributed by atoms with Crippen LogP contribution in [-0.4, -0.2) is 26.0 Å². The van der Waals surface area contributed by atoms with Gasteiger partial charge in [0, 0.05) is 22.9 Å². The molecule has 0 amide bonds. The topological polar surface area (TPSA) is 72.2 Å². The maximum Gasteiger partial charge on any atom is 0.242 e. The van der Waals surface area contributed by atoms with Gasteiger partial charge in [0.2, 0.25) is 10.0 Å². The van der Waals surface area contributed by atoms with Gasteiger partial charge in [0.1, 0.15) is 4.90 Å². The molecule has 21 heavy (non-hydrogen) atoms. The highest BCUT2D eigenvalue weighted by atomic mass is 35.5. The van der Waals surface area contributed by atoms with Crippen molar-refractivity contribution in [1.82, 2.24) is 4.72 Å². The van der Waals surface area contributed by atoms with Gasteiger partial charge in [-0.1, -0.05) is 29.6 Å². The zero-order valence-corrected chi connectivity index (χ0v) is 14.8. The number of nitrogens with one attached hydrogen (secondary N) is 1. The van der Waals surface area contributed by atoms with Crippen LogP contribution in [0.5, 0.6) is 0 Å². The van der Waals surface area contributed by atoms with Crippen LogP contribution in [0.15, 0.2) is 17.0 Å². The molecular formula is C13H18Cl2N2O2S2. The van der Waals surface area contributed by atoms with Crippen molar-refractivity contribution >= 4 is 45.0 Å². The highest BCUT2D eigenvalue weighted by Crippen LogP contribution is 2.42. The van der Waals surface area contributed by atoms with Crippen LogP contribution in [0, 0.1) is 0 Å². The number of rotatable bonds is 6. The van der Waals surface area contributed by atoms with Gasteiger partial charge in [-0.25, -0.2) is 13.1 Å². The van der Waals surface area contributed by atoms with Crippen molar-refractivity contribution in [3.63, 3.8) is 0 Å². The van der Waals surface area contributed by atoms with Crippen molar-refractivity contribution in [3.8, 4) is 0 Å². The SMILES string of the molecule is CSC1(CNS(=O)(=O)c2cc(Cl)cc(CN)c2Cl)CCC1. The minimum Gasteiger partial charge on any atom is -0.326 e. The second kappa shape index (κ2) is 6.64. The molecule has 3 N–H and O–H groups in total. The molecule has 8 heteroatoms. The Labute approximate surface area is 139 Å². The number of benzene rings is 1. The van der Waals surface area contributed by atoms with E-state index in [0.717, 1.165) is 19.3 Å². The maximum absolute atomic E-state index is 12.5. The summed E-state index contributed by atoms with van der Waals surface area (Å²) in [6.07, 6.45) is 5.19. The van der Waals surface area contributed by atoms with E-state index in [0.29, 0.717) is 17.1 Å². The van der Waals surface area contributed by atoms with Gasteiger partial charge in [-0.2, -0.15) is 11.8 Å². The molecule has 1 fully saturated rings. The molecule has 1 aromatic carbocycles. The average molecular weight is 369 g/mol. The van der Waals surface area contributed by atoms with E-state index in [-0.39, 0.29) is 21.2 Å². The predicted molar refractivity (Wildman–Crippen MR) is 89.6 cm³/mol. The molecule has 0 aromatic heterocycles. The highest BCUT2D eigenvalue weighted by molar-refractivity contribution is 8.00. The Bertz CT molecular complexity index is 626. The summed E-state index contributed by atoms with van der Waals surface area (Å²) in [5, 5.41) is 0.449. The minimum atomic E-state index is -3.70. The summed E-state index contributed by atoms with van der Waals surface area (Å²) < 4.78 is 27.6. The Hall–Kier alpha value is 0.0200. The summed E-state index contributed by atoms with van der Waals surface area (Å²) >= 11 is 13.8. The lowest BCUT2D eigenvalue weighted by molar-refractivity contribution is 0.362. The van der Waals surface area contributed by atoms with Crippen LogP contribution >= 0.6 is 35.0 Å². The Morgan fingerprint density at radius 3 is 2.52 bits per heavy atom. The van der Waals surface area contributed by atoms with Crippen molar-refractivity contribution in [3.05, 3.63) is 27.7 Å². The number of nitrogens with two attached hydrogens (primary N) is 1. The molecular weight excluding hydrogens is 351 g/mol. The molecule has 1 saturated carbocycles. The van der Waals surface area contributed by atoms with Crippen molar-refractivity contribution < 1.29 is 8.42 Å². The van der Waals surface area contributed by atoms with E-state index in [2.05, 4.69) is 4.72 Å². The molecule has 0 unspecified atom stereocenters. The molecule has 2 rings (SSSR count). The van der Waals surface area contributed by atoms with Crippen LogP contribution in [-0.2, 0) is 16.6 Å². The van der Waals surface area contributed by atoms with Crippen LogP contribution < -0.4 is 10.5 Å². The summed E-state index contributed by atoms with van der Waals surface area (Å²) in [6, 6.07) is 2.94. The van der Waals surface area contributed by atoms with E-state index < -0.39 is 10.0 Å². The summed E-state index contributed by atoms with van der Waals surface area (Å²) in [7, 11) is -3.70. The Morgan fingerprint density at radius 1 is 1.38 bits per heavy atom. The second-order valence-corrected chi connectivity index (χ2v) is 8.97. The molecule has 0 aliphatic heterocycles. The van der Waals surface area contributed by atoms with Crippen molar-refractivity contribution in [2.24, 2.45) is 5.73 Å². The lowest BCUT2D eigenvalue weighted by Gasteiger charge is -2.40. The summed E-state index contributed by atoms with van der Waals surface area (Å²) in [5.41, 5.74) is 6.09. The number of thioether (sulfide) groups is 1. The first kappa shape index (κ1) is 17.4. The Morgan fingerprint density at radius 2 is 2.05 bits per heavy atom. The molecule has 4 nitrogen and oxygen atoms in total. The quantitative estimate of drug-likeness (QED) is 0.809. The summed E-state index contributed by atoms with van der Waals surface area (Å²) in [6.45, 7) is 0.536. The van der Waals surface area contributed by atoms with E-state index in [1.165, 1.54) is 6.07 Å². The van der Waals surface area contributed by atoms with Gasteiger partial charge in [0.15, 0.2) is 0 Å². The van der Waals surface area contributed by atoms with Crippen LogP contribution in [0.3, 0.4) is 0 Å². The third-order valence-electron chi connectivity index (χ3n) is 3.87. The molecule has 1 aliphatic rings. The summed E-state index contributed by atoms with van der Waals surface area (Å²) in [4.78, 5) is -0.00677. The van der Waals surface area contributed by atoms with Gasteiger partial charge < -0.3 is 5.73 Å². The monoisotopic (exact) mass is 368 g/mol. The molecule has 0 saturated heterocycles. The van der Waals surface area contributed by atoms with E-state index >= 15 is 0 Å². The first-order chi connectivity index (χ1) is 9.83. The average Bonchev–Trinajstić information content (AvgIpc) is 2.40. The van der Waals surface area contributed by atoms with Crippen molar-refractivity contribution in [2.75, 3.05) is 12.8 Å². The number of sulfonamides is 1. The molecule has 1 aromatic rings. The van der Waals surface area contributed by atoms with Gasteiger partial charge in [-0.15, -0.1) is 0 Å². The predicted octanol–water partition coefficient (Wildman–Crippen LogP) is 3.02. The maximum atomic E-state index is 12.5. The molecule has 118 valence electrons. The smallest absolute Gasteiger partial charge is 0.242 e. The van der Waals surface area contributed by atoms with Crippen molar-refractivity contribution in [2.45, 2.75) is 35.4 Å². The van der Waals surface area contributed by atoms with Gasteiger partial charge >= 0.3 is 0 Å². The van der Waals surface area contributed by atoms with Crippen LogP contribution in [0.2, 0.25) is 10.0 Å². The van der Waals surface area contributed by atoms with Crippen LogP contribution in [0.1, 0.15) is 24.8 Å². The molecule has 0 spiro atoms. The molecule has 0 atom stereocenters. The van der Waals surface area contributed by atoms with Gasteiger partial charge in [0.25, 0.3) is 0 Å². The first-order valence-electron chi connectivity index (χ1n) is 6.56. The van der Waals surface area contributed by atoms with Gasteiger partial charge in [0.05, 0.1) is 5.02 Å². The zero-order chi connectivity index (χ0) is 15.7. The largest absolute Gasteiger partial charge is 0.326 e. The Balaban J connectivity index is 2.25. The van der Waals surface area contributed by atoms with Gasteiger partial charge in [-0.3, -0.25) is 0 Å². The van der Waals surface area contributed by atoms with E-state index in [1.54, 1.807) is 17.8 Å². The highest BCUT2D eigenvalue weighted by Gasteiger charge is 2.37. The fourth-order valence-electron chi connectivity index (χ4n) is 2.29. The fourth-order valence-corrected chi connectivity index (χ4v) is 5.36. The molecule has 0 bridgehead atoms. The van der Waals surface area contributed by atoms with E-state index in [1.807, 2.05) is 6.26 Å². The van der Waals surface area contributed by atoms with E-state index in [9.17, 15) is 8.42 Å². The molecule has 0 radical (unpaired) electrons. The number of hydrogen-bond acceptors (Lipinski definition) is 4.